The number of ether oxygens (including phenoxy) is 1. The van der Waals surface area contributed by atoms with E-state index < -0.39 is 0 Å². The Morgan fingerprint density at radius 3 is 2.72 bits per heavy atom. The third-order valence-corrected chi connectivity index (χ3v) is 4.63. The molecule has 4 nitrogen and oxygen atoms in total. The number of nitrogens with two attached hydrogens (primary N) is 1. The van der Waals surface area contributed by atoms with Crippen molar-refractivity contribution in [2.75, 3.05) is 13.2 Å². The summed E-state index contributed by atoms with van der Waals surface area (Å²) in [5.74, 6) is 0.335. The third-order valence-electron chi connectivity index (χ3n) is 4.63. The molecule has 25 heavy (non-hydrogen) atoms. The van der Waals surface area contributed by atoms with E-state index in [-0.39, 0.29) is 18.7 Å². The van der Waals surface area contributed by atoms with E-state index in [2.05, 4.69) is 38.6 Å². The van der Waals surface area contributed by atoms with Crippen molar-refractivity contribution in [3.05, 3.63) is 60.7 Å². The molecule has 0 aliphatic carbocycles. The van der Waals surface area contributed by atoms with E-state index in [1.54, 1.807) is 11.0 Å². The van der Waals surface area contributed by atoms with Gasteiger partial charge in [-0.25, -0.2) is 4.79 Å². The van der Waals surface area contributed by atoms with Crippen LogP contribution in [0.15, 0.2) is 55.1 Å². The summed E-state index contributed by atoms with van der Waals surface area (Å²) in [6, 6.07) is 14.2. The molecule has 0 spiro atoms. The molecule has 0 aliphatic heterocycles. The predicted octanol–water partition coefficient (Wildman–Crippen LogP) is 4.34. The molecule has 2 N–H and O–H groups in total. The molecule has 2 rings (SSSR count). The molecule has 0 fully saturated rings. The van der Waals surface area contributed by atoms with Crippen LogP contribution in [0.4, 0.5) is 4.79 Å². The Balaban J connectivity index is 2.24. The van der Waals surface area contributed by atoms with Crippen molar-refractivity contribution >= 4 is 16.9 Å². The highest BCUT2D eigenvalue weighted by Gasteiger charge is 2.21. The van der Waals surface area contributed by atoms with Crippen LogP contribution in [0.2, 0.25) is 0 Å². The normalized spacial score (nSPS) is 13.2. The summed E-state index contributed by atoms with van der Waals surface area (Å²) in [7, 11) is 0. The number of carbonyl (C=O) groups excluding carboxylic acids is 1. The Morgan fingerprint density at radius 1 is 1.28 bits per heavy atom. The summed E-state index contributed by atoms with van der Waals surface area (Å²) >= 11 is 0. The zero-order valence-electron chi connectivity index (χ0n) is 15.2. The van der Waals surface area contributed by atoms with Gasteiger partial charge in [-0.05, 0) is 22.3 Å². The van der Waals surface area contributed by atoms with Gasteiger partial charge in [0.15, 0.2) is 0 Å². The first-order valence-corrected chi connectivity index (χ1v) is 8.81. The van der Waals surface area contributed by atoms with Gasteiger partial charge in [0.25, 0.3) is 0 Å². The Kier molecular flexibility index (Phi) is 7.02. The molecule has 0 aliphatic rings. The van der Waals surface area contributed by atoms with Crippen LogP contribution in [-0.2, 0) is 11.3 Å². The van der Waals surface area contributed by atoms with E-state index in [4.69, 9.17) is 10.5 Å². The second-order valence-electron chi connectivity index (χ2n) is 6.43. The van der Waals surface area contributed by atoms with Crippen LogP contribution < -0.4 is 5.73 Å². The lowest BCUT2D eigenvalue weighted by Crippen LogP contribution is -2.44. The van der Waals surface area contributed by atoms with Gasteiger partial charge in [0.1, 0.15) is 6.61 Å². The Hall–Kier alpha value is -2.33. The molecule has 2 aromatic carbocycles. The van der Waals surface area contributed by atoms with Gasteiger partial charge in [-0.2, -0.15) is 0 Å². The molecule has 0 aromatic heterocycles. The van der Waals surface area contributed by atoms with Crippen LogP contribution in [0.5, 0.6) is 0 Å². The van der Waals surface area contributed by atoms with Gasteiger partial charge in [0.05, 0.1) is 0 Å². The zero-order chi connectivity index (χ0) is 18.2. The predicted molar refractivity (Wildman–Crippen MR) is 103 cm³/mol. The molecule has 0 radical (unpaired) electrons. The molecule has 0 saturated carbocycles. The maximum Gasteiger partial charge on any atom is 0.410 e. The molecule has 4 heteroatoms. The van der Waals surface area contributed by atoms with Crippen LogP contribution >= 0.6 is 0 Å². The fraction of sp³-hybridized carbons (Fsp3) is 0.381. The van der Waals surface area contributed by atoms with Crippen molar-refractivity contribution in [1.29, 1.82) is 0 Å². The van der Waals surface area contributed by atoms with Gasteiger partial charge in [0, 0.05) is 19.1 Å². The minimum absolute atomic E-state index is 0.0868. The molecule has 2 atom stereocenters. The second kappa shape index (κ2) is 9.23. The average Bonchev–Trinajstić information content (AvgIpc) is 2.64. The molecular formula is C21H28N2O2. The highest BCUT2D eigenvalue weighted by molar-refractivity contribution is 5.86. The van der Waals surface area contributed by atoms with E-state index in [0.29, 0.717) is 19.0 Å². The zero-order valence-corrected chi connectivity index (χ0v) is 15.2. The van der Waals surface area contributed by atoms with Crippen LogP contribution in [-0.4, -0.2) is 30.2 Å². The Labute approximate surface area is 150 Å². The Bertz CT molecular complexity index is 709. The van der Waals surface area contributed by atoms with Gasteiger partial charge in [0.2, 0.25) is 0 Å². The van der Waals surface area contributed by atoms with Crippen LogP contribution in [0.25, 0.3) is 10.8 Å². The lowest BCUT2D eigenvalue weighted by atomic mass is 9.99. The molecule has 0 bridgehead atoms. The van der Waals surface area contributed by atoms with Crippen LogP contribution in [0.3, 0.4) is 0 Å². The van der Waals surface area contributed by atoms with Crippen molar-refractivity contribution in [3.8, 4) is 0 Å². The summed E-state index contributed by atoms with van der Waals surface area (Å²) in [4.78, 5) is 14.2. The molecular weight excluding hydrogens is 312 g/mol. The van der Waals surface area contributed by atoms with E-state index in [9.17, 15) is 4.79 Å². The van der Waals surface area contributed by atoms with E-state index in [1.807, 2.05) is 24.3 Å². The maximum atomic E-state index is 12.5. The fourth-order valence-electron chi connectivity index (χ4n) is 2.80. The molecule has 0 heterocycles. The lowest BCUT2D eigenvalue weighted by Gasteiger charge is -2.28. The summed E-state index contributed by atoms with van der Waals surface area (Å²) in [6.07, 6.45) is 2.19. The van der Waals surface area contributed by atoms with Gasteiger partial charge in [-0.1, -0.05) is 75.4 Å². The SMILES string of the molecule is C=CCOC(=O)N(Cc1cccc2ccccc12)CC(N)C(C)CC. The second-order valence-corrected chi connectivity index (χ2v) is 6.43. The van der Waals surface area contributed by atoms with Gasteiger partial charge in [-0.3, -0.25) is 0 Å². The molecule has 0 saturated heterocycles. The first-order valence-electron chi connectivity index (χ1n) is 8.81. The number of benzene rings is 2. The van der Waals surface area contributed by atoms with E-state index in [1.165, 1.54) is 0 Å². The largest absolute Gasteiger partial charge is 0.445 e. The van der Waals surface area contributed by atoms with Crippen molar-refractivity contribution in [2.24, 2.45) is 11.7 Å². The minimum Gasteiger partial charge on any atom is -0.445 e. The smallest absolute Gasteiger partial charge is 0.410 e. The highest BCUT2D eigenvalue weighted by Crippen LogP contribution is 2.21. The number of amides is 1. The fourth-order valence-corrected chi connectivity index (χ4v) is 2.80. The number of fused-ring (bicyclic) bond motifs is 1. The monoisotopic (exact) mass is 340 g/mol. The molecule has 2 unspecified atom stereocenters. The summed E-state index contributed by atoms with van der Waals surface area (Å²) in [5.41, 5.74) is 7.38. The molecule has 134 valence electrons. The van der Waals surface area contributed by atoms with E-state index >= 15 is 0 Å². The minimum atomic E-state index is -0.355. The van der Waals surface area contributed by atoms with Gasteiger partial charge >= 0.3 is 6.09 Å². The van der Waals surface area contributed by atoms with Gasteiger partial charge < -0.3 is 15.4 Å². The molecule has 2 aromatic rings. The number of nitrogens with zero attached hydrogens (tertiary/aromatic N) is 1. The molecule has 1 amide bonds. The highest BCUT2D eigenvalue weighted by atomic mass is 16.6. The van der Waals surface area contributed by atoms with Crippen molar-refractivity contribution in [2.45, 2.75) is 32.9 Å². The Morgan fingerprint density at radius 2 is 2.00 bits per heavy atom. The van der Waals surface area contributed by atoms with Crippen LogP contribution in [0, 0.1) is 5.92 Å². The number of rotatable bonds is 8. The quantitative estimate of drug-likeness (QED) is 0.727. The van der Waals surface area contributed by atoms with Crippen molar-refractivity contribution in [1.82, 2.24) is 4.90 Å². The average molecular weight is 340 g/mol. The maximum absolute atomic E-state index is 12.5. The van der Waals surface area contributed by atoms with E-state index in [0.717, 1.165) is 22.8 Å². The van der Waals surface area contributed by atoms with Crippen LogP contribution in [0.1, 0.15) is 25.8 Å². The first kappa shape index (κ1) is 19.0. The summed E-state index contributed by atoms with van der Waals surface area (Å²) < 4.78 is 5.27. The summed E-state index contributed by atoms with van der Waals surface area (Å²) in [5, 5.41) is 2.30. The van der Waals surface area contributed by atoms with Crippen molar-refractivity contribution in [3.63, 3.8) is 0 Å². The number of hydrogen-bond acceptors (Lipinski definition) is 3. The first-order chi connectivity index (χ1) is 12.1. The van der Waals surface area contributed by atoms with Gasteiger partial charge in [-0.15, -0.1) is 0 Å². The number of carbonyl (C=O) groups is 1. The summed E-state index contributed by atoms with van der Waals surface area (Å²) in [6.45, 7) is 8.95. The van der Waals surface area contributed by atoms with Crippen molar-refractivity contribution < 1.29 is 9.53 Å². The lowest BCUT2D eigenvalue weighted by molar-refractivity contribution is 0.104. The third kappa shape index (κ3) is 5.07. The topological polar surface area (TPSA) is 55.6 Å². The standard InChI is InChI=1S/C21H28N2O2/c1-4-13-25-21(24)23(15-20(22)16(3)5-2)14-18-11-8-10-17-9-6-7-12-19(17)18/h4,6-12,16,20H,1,5,13-15,22H2,2-3H3. The number of hydrogen-bond donors (Lipinski definition) is 1.